The molecule has 0 saturated carbocycles. The fraction of sp³-hybridized carbons (Fsp3) is 0. The van der Waals surface area contributed by atoms with Gasteiger partial charge in [-0.2, -0.15) is 5.10 Å². The zero-order valence-corrected chi connectivity index (χ0v) is 20.5. The number of carbonyl (C=O) groups excluding carboxylic acids is 1. The van der Waals surface area contributed by atoms with Crippen molar-refractivity contribution in [2.24, 2.45) is 0 Å². The number of rotatable bonds is 5. The van der Waals surface area contributed by atoms with Crippen LogP contribution in [-0.4, -0.2) is 41.0 Å². The van der Waals surface area contributed by atoms with Crippen LogP contribution in [0.4, 0.5) is 5.69 Å². The number of carbonyl (C=O) groups is 1. The Balaban J connectivity index is 1.25. The number of hydrogen-bond acceptors (Lipinski definition) is 7. The molecule has 0 aliphatic carbocycles. The second-order valence-electron chi connectivity index (χ2n) is 8.57. The highest BCUT2D eigenvalue weighted by Gasteiger charge is 2.18. The lowest BCUT2D eigenvalue weighted by molar-refractivity contribution is 0.102. The number of pyridine rings is 3. The van der Waals surface area contributed by atoms with Crippen molar-refractivity contribution in [3.05, 3.63) is 96.3 Å². The summed E-state index contributed by atoms with van der Waals surface area (Å²) < 4.78 is 0. The first-order chi connectivity index (χ1) is 18.7. The Morgan fingerprint density at radius 3 is 2.63 bits per heavy atom. The van der Waals surface area contributed by atoms with Crippen molar-refractivity contribution < 1.29 is 4.79 Å². The predicted molar refractivity (Wildman–Crippen MR) is 148 cm³/mol. The first-order valence-electron chi connectivity index (χ1n) is 11.8. The summed E-state index contributed by atoms with van der Waals surface area (Å²) in [4.78, 5) is 35.6. The zero-order valence-electron chi connectivity index (χ0n) is 19.7. The smallest absolute Gasteiger partial charge is 0.255 e. The van der Waals surface area contributed by atoms with E-state index in [4.69, 9.17) is 9.97 Å². The van der Waals surface area contributed by atoms with Gasteiger partial charge in [-0.25, -0.2) is 9.97 Å². The number of imidazole rings is 1. The minimum atomic E-state index is -0.202. The van der Waals surface area contributed by atoms with Crippen LogP contribution in [0.1, 0.15) is 10.4 Å². The molecule has 3 N–H and O–H groups in total. The Morgan fingerprint density at radius 2 is 1.76 bits per heavy atom. The molecule has 6 heterocycles. The molecule has 0 atom stereocenters. The minimum Gasteiger partial charge on any atom is -0.336 e. The van der Waals surface area contributed by atoms with Gasteiger partial charge in [0.1, 0.15) is 16.7 Å². The van der Waals surface area contributed by atoms with Crippen molar-refractivity contribution in [1.29, 1.82) is 0 Å². The Labute approximate surface area is 219 Å². The number of aromatic nitrogens is 7. The molecule has 0 aliphatic heterocycles. The normalized spacial score (nSPS) is 11.3. The standard InChI is InChI=1S/C28H18N8OS/c37-28(16-5-2-1-3-6-16)31-18-13-17(14-29-15-18)19-8-9-21-24(32-19)26(36-35-21)27-33-20-10-11-30-25(23(20)34-27)22-7-4-12-38-22/h1-15H,(H,31,37)(H,33,34)(H,35,36). The molecule has 10 heteroatoms. The summed E-state index contributed by atoms with van der Waals surface area (Å²) in [7, 11) is 0. The van der Waals surface area contributed by atoms with E-state index in [2.05, 4.69) is 30.5 Å². The summed E-state index contributed by atoms with van der Waals surface area (Å²) >= 11 is 1.62. The Hall–Kier alpha value is -5.22. The summed E-state index contributed by atoms with van der Waals surface area (Å²) in [5, 5.41) is 12.5. The van der Waals surface area contributed by atoms with E-state index in [9.17, 15) is 4.79 Å². The van der Waals surface area contributed by atoms with Crippen LogP contribution in [0.15, 0.2) is 90.7 Å². The molecule has 1 amide bonds. The maximum atomic E-state index is 12.6. The SMILES string of the molecule is O=C(Nc1cncc(-c2ccc3[nH]nc(-c4nc5c(-c6cccs6)nccc5[nH]4)c3n2)c1)c1ccccc1. The molecule has 0 unspecified atom stereocenters. The summed E-state index contributed by atoms with van der Waals surface area (Å²) in [6.45, 7) is 0. The van der Waals surface area contributed by atoms with E-state index in [-0.39, 0.29) is 5.91 Å². The van der Waals surface area contributed by atoms with Crippen LogP contribution in [0.25, 0.3) is 55.4 Å². The van der Waals surface area contributed by atoms with E-state index in [1.165, 1.54) is 0 Å². The molecule has 1 aromatic carbocycles. The summed E-state index contributed by atoms with van der Waals surface area (Å²) in [5.74, 6) is 0.398. The van der Waals surface area contributed by atoms with Crippen LogP contribution < -0.4 is 5.32 Å². The van der Waals surface area contributed by atoms with Crippen molar-refractivity contribution in [3.8, 4) is 33.3 Å². The van der Waals surface area contributed by atoms with Gasteiger partial charge in [-0.3, -0.25) is 19.9 Å². The van der Waals surface area contributed by atoms with Crippen LogP contribution in [0.3, 0.4) is 0 Å². The minimum absolute atomic E-state index is 0.202. The molecule has 7 aromatic rings. The first kappa shape index (κ1) is 22.0. The largest absolute Gasteiger partial charge is 0.336 e. The van der Waals surface area contributed by atoms with E-state index in [1.807, 2.05) is 60.0 Å². The zero-order chi connectivity index (χ0) is 25.5. The summed E-state index contributed by atoms with van der Waals surface area (Å²) in [6, 6.07) is 20.6. The van der Waals surface area contributed by atoms with Crippen LogP contribution in [0.2, 0.25) is 0 Å². The van der Waals surface area contributed by atoms with Gasteiger partial charge in [0.05, 0.1) is 33.5 Å². The van der Waals surface area contributed by atoms with Crippen molar-refractivity contribution >= 4 is 45.0 Å². The molecule has 0 fully saturated rings. The number of nitrogens with zero attached hydrogens (tertiary/aromatic N) is 5. The van der Waals surface area contributed by atoms with E-state index in [1.54, 1.807) is 42.1 Å². The monoisotopic (exact) mass is 514 g/mol. The fourth-order valence-corrected chi connectivity index (χ4v) is 5.03. The van der Waals surface area contributed by atoms with Gasteiger partial charge in [0.2, 0.25) is 0 Å². The third kappa shape index (κ3) is 3.89. The van der Waals surface area contributed by atoms with Gasteiger partial charge in [-0.15, -0.1) is 11.3 Å². The van der Waals surface area contributed by atoms with Gasteiger partial charge < -0.3 is 10.3 Å². The lowest BCUT2D eigenvalue weighted by Gasteiger charge is -2.07. The van der Waals surface area contributed by atoms with E-state index in [0.717, 1.165) is 32.7 Å². The highest BCUT2D eigenvalue weighted by atomic mass is 32.1. The number of nitrogens with one attached hydrogen (secondary N) is 3. The fourth-order valence-electron chi connectivity index (χ4n) is 4.31. The molecule has 182 valence electrons. The molecule has 38 heavy (non-hydrogen) atoms. The quantitative estimate of drug-likeness (QED) is 0.261. The first-order valence-corrected chi connectivity index (χ1v) is 12.7. The van der Waals surface area contributed by atoms with E-state index >= 15 is 0 Å². The molecule has 0 saturated heterocycles. The van der Waals surface area contributed by atoms with Gasteiger partial charge in [0, 0.05) is 23.5 Å². The van der Waals surface area contributed by atoms with Crippen molar-refractivity contribution in [3.63, 3.8) is 0 Å². The lowest BCUT2D eigenvalue weighted by Crippen LogP contribution is -2.11. The molecule has 0 aliphatic rings. The van der Waals surface area contributed by atoms with Gasteiger partial charge in [-0.05, 0) is 47.8 Å². The molecule has 9 nitrogen and oxygen atoms in total. The van der Waals surface area contributed by atoms with Crippen molar-refractivity contribution in [2.75, 3.05) is 5.32 Å². The second kappa shape index (κ2) is 9.02. The number of aromatic amines is 2. The topological polar surface area (TPSA) is 125 Å². The number of benzene rings is 1. The molecule has 0 spiro atoms. The number of thiophene rings is 1. The van der Waals surface area contributed by atoms with Crippen molar-refractivity contribution in [2.45, 2.75) is 0 Å². The Kier molecular flexibility index (Phi) is 5.22. The maximum Gasteiger partial charge on any atom is 0.255 e. The number of hydrogen-bond donors (Lipinski definition) is 3. The van der Waals surface area contributed by atoms with E-state index < -0.39 is 0 Å². The predicted octanol–water partition coefficient (Wildman–Crippen LogP) is 5.94. The molecule has 0 radical (unpaired) electrons. The molecular weight excluding hydrogens is 496 g/mol. The van der Waals surface area contributed by atoms with Gasteiger partial charge in [0.25, 0.3) is 5.91 Å². The second-order valence-corrected chi connectivity index (χ2v) is 9.51. The number of amides is 1. The Morgan fingerprint density at radius 1 is 0.868 bits per heavy atom. The molecule has 0 bridgehead atoms. The molecule has 7 rings (SSSR count). The summed E-state index contributed by atoms with van der Waals surface area (Å²) in [5.41, 5.74) is 7.15. The molecule has 6 aromatic heterocycles. The highest BCUT2D eigenvalue weighted by molar-refractivity contribution is 7.13. The molecular formula is C28H18N8OS. The number of H-pyrrole nitrogens is 2. The number of anilines is 1. The number of fused-ring (bicyclic) bond motifs is 2. The van der Waals surface area contributed by atoms with Crippen LogP contribution >= 0.6 is 11.3 Å². The van der Waals surface area contributed by atoms with Crippen LogP contribution in [-0.2, 0) is 0 Å². The average molecular weight is 515 g/mol. The Bertz CT molecular complexity index is 1930. The summed E-state index contributed by atoms with van der Waals surface area (Å²) in [6.07, 6.45) is 5.10. The lowest BCUT2D eigenvalue weighted by atomic mass is 10.1. The van der Waals surface area contributed by atoms with Gasteiger partial charge in [0.15, 0.2) is 11.5 Å². The highest BCUT2D eigenvalue weighted by Crippen LogP contribution is 2.32. The van der Waals surface area contributed by atoms with Crippen molar-refractivity contribution in [1.82, 2.24) is 35.1 Å². The maximum absolute atomic E-state index is 12.6. The van der Waals surface area contributed by atoms with E-state index in [0.29, 0.717) is 34.0 Å². The van der Waals surface area contributed by atoms with Gasteiger partial charge >= 0.3 is 0 Å². The average Bonchev–Trinajstić information content (AvgIpc) is 3.73. The van der Waals surface area contributed by atoms with Crippen LogP contribution in [0, 0.1) is 0 Å². The van der Waals surface area contributed by atoms with Gasteiger partial charge in [-0.1, -0.05) is 24.3 Å². The van der Waals surface area contributed by atoms with Crippen LogP contribution in [0.5, 0.6) is 0 Å². The third-order valence-corrected chi connectivity index (χ3v) is 6.99. The third-order valence-electron chi connectivity index (χ3n) is 6.12.